The minimum Gasteiger partial charge on any atom is -0.486 e. The third kappa shape index (κ3) is 2.80. The largest absolute Gasteiger partial charge is 0.486 e. The van der Waals surface area contributed by atoms with Crippen LogP contribution in [0.5, 0.6) is 5.75 Å². The van der Waals surface area contributed by atoms with E-state index in [4.69, 9.17) is 15.6 Å². The number of hydrogen-bond acceptors (Lipinski definition) is 4. The molecule has 0 saturated heterocycles. The Labute approximate surface area is 106 Å². The van der Waals surface area contributed by atoms with E-state index in [2.05, 4.69) is 5.32 Å². The molecule has 98 valence electrons. The molecule has 0 fully saturated rings. The summed E-state index contributed by atoms with van der Waals surface area (Å²) >= 11 is 0. The maximum absolute atomic E-state index is 11.2. The number of hydrogen-bond donors (Lipinski definition) is 3. The molecule has 0 radical (unpaired) electrons. The molecule has 2 unspecified atom stereocenters. The van der Waals surface area contributed by atoms with Crippen molar-refractivity contribution in [2.45, 2.75) is 31.9 Å². The maximum atomic E-state index is 11.2. The van der Waals surface area contributed by atoms with Crippen LogP contribution in [-0.2, 0) is 11.2 Å². The summed E-state index contributed by atoms with van der Waals surface area (Å²) < 4.78 is 5.63. The van der Waals surface area contributed by atoms with Crippen molar-refractivity contribution in [1.82, 2.24) is 0 Å². The van der Waals surface area contributed by atoms with Crippen molar-refractivity contribution in [3.8, 4) is 5.75 Å². The van der Waals surface area contributed by atoms with Gasteiger partial charge in [0, 0.05) is 18.2 Å². The van der Waals surface area contributed by atoms with E-state index in [1.54, 1.807) is 13.0 Å². The summed E-state index contributed by atoms with van der Waals surface area (Å²) in [7, 11) is 0. The highest BCUT2D eigenvalue weighted by atomic mass is 16.5. The first-order valence-corrected chi connectivity index (χ1v) is 6.06. The fraction of sp³-hybridized carbons (Fsp3) is 0.462. The Morgan fingerprint density at radius 2 is 2.28 bits per heavy atom. The lowest BCUT2D eigenvalue weighted by Crippen LogP contribution is -2.39. The summed E-state index contributed by atoms with van der Waals surface area (Å²) in [6.07, 6.45) is 0.786. The fourth-order valence-corrected chi connectivity index (χ4v) is 1.92. The third-order valence-electron chi connectivity index (χ3n) is 3.03. The topological polar surface area (TPSA) is 84.6 Å². The van der Waals surface area contributed by atoms with Gasteiger partial charge in [0.15, 0.2) is 0 Å². The molecule has 0 bridgehead atoms. The van der Waals surface area contributed by atoms with Crippen LogP contribution in [0.1, 0.15) is 18.9 Å². The normalized spacial score (nSPS) is 17.6. The second-order valence-electron chi connectivity index (χ2n) is 4.57. The number of fused-ring (bicyclic) bond motifs is 1. The van der Waals surface area contributed by atoms with Crippen molar-refractivity contribution < 1.29 is 14.6 Å². The summed E-state index contributed by atoms with van der Waals surface area (Å²) in [5.41, 5.74) is 7.59. The quantitative estimate of drug-likeness (QED) is 0.733. The molecule has 1 aromatic carbocycles. The number of carbonyl (C=O) groups excluding carboxylic acids is 1. The lowest BCUT2D eigenvalue weighted by molar-refractivity contribution is -0.116. The Hall–Kier alpha value is -1.59. The van der Waals surface area contributed by atoms with Gasteiger partial charge in [-0.05, 0) is 37.1 Å². The van der Waals surface area contributed by atoms with Crippen LogP contribution >= 0.6 is 0 Å². The zero-order chi connectivity index (χ0) is 13.1. The molecule has 18 heavy (non-hydrogen) atoms. The molecule has 2 atom stereocenters. The van der Waals surface area contributed by atoms with Crippen molar-refractivity contribution in [2.24, 2.45) is 5.73 Å². The number of aliphatic hydroxyl groups excluding tert-OH is 1. The SMILES string of the molecule is CC(N)C(CO)Oc1ccc2c(c1)CCC(=O)N2. The standard InChI is InChI=1S/C13H18N2O3/c1-8(14)12(7-16)18-10-3-4-11-9(6-10)2-5-13(17)15-11/h3-4,6,8,12,16H,2,5,7,14H2,1H3,(H,15,17). The van der Waals surface area contributed by atoms with E-state index in [1.807, 2.05) is 12.1 Å². The number of ether oxygens (including phenoxy) is 1. The van der Waals surface area contributed by atoms with Crippen molar-refractivity contribution >= 4 is 11.6 Å². The predicted octanol–water partition coefficient (Wildman–Crippen LogP) is 0.658. The Morgan fingerprint density at radius 3 is 2.94 bits per heavy atom. The van der Waals surface area contributed by atoms with Crippen LogP contribution in [0.4, 0.5) is 5.69 Å². The number of aryl methyl sites for hydroxylation is 1. The van der Waals surface area contributed by atoms with Crippen LogP contribution in [0.15, 0.2) is 18.2 Å². The van der Waals surface area contributed by atoms with Gasteiger partial charge in [0.05, 0.1) is 6.61 Å². The maximum Gasteiger partial charge on any atom is 0.224 e. The van der Waals surface area contributed by atoms with Crippen molar-refractivity contribution in [2.75, 3.05) is 11.9 Å². The number of rotatable bonds is 4. The number of aliphatic hydroxyl groups is 1. The first-order chi connectivity index (χ1) is 8.60. The van der Waals surface area contributed by atoms with Gasteiger partial charge in [-0.2, -0.15) is 0 Å². The third-order valence-corrected chi connectivity index (χ3v) is 3.03. The van der Waals surface area contributed by atoms with Gasteiger partial charge in [-0.3, -0.25) is 4.79 Å². The molecule has 1 aliphatic heterocycles. The highest BCUT2D eigenvalue weighted by Gasteiger charge is 2.18. The highest BCUT2D eigenvalue weighted by Crippen LogP contribution is 2.27. The number of carbonyl (C=O) groups is 1. The van der Waals surface area contributed by atoms with E-state index < -0.39 is 6.10 Å². The molecule has 4 N–H and O–H groups in total. The lowest BCUT2D eigenvalue weighted by atomic mass is 10.0. The van der Waals surface area contributed by atoms with Crippen LogP contribution < -0.4 is 15.8 Å². The van der Waals surface area contributed by atoms with Gasteiger partial charge in [0.2, 0.25) is 5.91 Å². The molecule has 5 nitrogen and oxygen atoms in total. The summed E-state index contributed by atoms with van der Waals surface area (Å²) in [5, 5.41) is 12.0. The van der Waals surface area contributed by atoms with E-state index >= 15 is 0 Å². The monoisotopic (exact) mass is 250 g/mol. The van der Waals surface area contributed by atoms with E-state index in [1.165, 1.54) is 0 Å². The van der Waals surface area contributed by atoms with Crippen LogP contribution in [0.2, 0.25) is 0 Å². The van der Waals surface area contributed by atoms with Crippen molar-refractivity contribution in [3.63, 3.8) is 0 Å². The Kier molecular flexibility index (Phi) is 3.84. The van der Waals surface area contributed by atoms with Crippen LogP contribution in [0.25, 0.3) is 0 Å². The van der Waals surface area contributed by atoms with Crippen molar-refractivity contribution in [1.29, 1.82) is 0 Å². The Bertz CT molecular complexity index is 446. The number of amides is 1. The van der Waals surface area contributed by atoms with Crippen LogP contribution in [-0.4, -0.2) is 29.8 Å². The second-order valence-corrected chi connectivity index (χ2v) is 4.57. The molecule has 2 rings (SSSR count). The van der Waals surface area contributed by atoms with E-state index in [9.17, 15) is 4.79 Å². The smallest absolute Gasteiger partial charge is 0.224 e. The van der Waals surface area contributed by atoms with Gasteiger partial charge in [-0.1, -0.05) is 0 Å². The summed E-state index contributed by atoms with van der Waals surface area (Å²) in [5.74, 6) is 0.709. The molecule has 1 aromatic rings. The zero-order valence-electron chi connectivity index (χ0n) is 10.3. The molecule has 0 spiro atoms. The van der Waals surface area contributed by atoms with Gasteiger partial charge in [-0.15, -0.1) is 0 Å². The minimum absolute atomic E-state index is 0.0417. The van der Waals surface area contributed by atoms with E-state index in [0.717, 1.165) is 11.3 Å². The van der Waals surface area contributed by atoms with Gasteiger partial charge in [0.25, 0.3) is 0 Å². The number of benzene rings is 1. The van der Waals surface area contributed by atoms with Crippen LogP contribution in [0, 0.1) is 0 Å². The number of nitrogens with two attached hydrogens (primary N) is 1. The van der Waals surface area contributed by atoms with E-state index in [-0.39, 0.29) is 18.6 Å². The molecule has 0 aliphatic carbocycles. The molecule has 1 aliphatic rings. The number of anilines is 1. The summed E-state index contributed by atoms with van der Waals surface area (Å²) in [6, 6.07) is 5.23. The first kappa shape index (κ1) is 12.9. The molecule has 1 amide bonds. The minimum atomic E-state index is -0.416. The number of nitrogens with one attached hydrogen (secondary N) is 1. The van der Waals surface area contributed by atoms with Gasteiger partial charge < -0.3 is 20.9 Å². The van der Waals surface area contributed by atoms with Gasteiger partial charge in [0.1, 0.15) is 11.9 Å². The average Bonchev–Trinajstić information content (AvgIpc) is 2.35. The molecular formula is C13H18N2O3. The van der Waals surface area contributed by atoms with E-state index in [0.29, 0.717) is 18.6 Å². The predicted molar refractivity (Wildman–Crippen MR) is 68.5 cm³/mol. The molecule has 5 heteroatoms. The molecular weight excluding hydrogens is 232 g/mol. The van der Waals surface area contributed by atoms with Gasteiger partial charge in [-0.25, -0.2) is 0 Å². The zero-order valence-corrected chi connectivity index (χ0v) is 10.3. The fourth-order valence-electron chi connectivity index (χ4n) is 1.92. The molecule has 0 aromatic heterocycles. The second kappa shape index (κ2) is 5.37. The Morgan fingerprint density at radius 1 is 1.50 bits per heavy atom. The summed E-state index contributed by atoms with van der Waals surface area (Å²) in [4.78, 5) is 11.2. The summed E-state index contributed by atoms with van der Waals surface area (Å²) in [6.45, 7) is 1.67. The van der Waals surface area contributed by atoms with Gasteiger partial charge >= 0.3 is 0 Å². The van der Waals surface area contributed by atoms with Crippen LogP contribution in [0.3, 0.4) is 0 Å². The lowest BCUT2D eigenvalue weighted by Gasteiger charge is -2.22. The highest BCUT2D eigenvalue weighted by molar-refractivity contribution is 5.93. The van der Waals surface area contributed by atoms with Crippen molar-refractivity contribution in [3.05, 3.63) is 23.8 Å². The molecule has 1 heterocycles. The molecule has 0 saturated carbocycles. The first-order valence-electron chi connectivity index (χ1n) is 6.06. The average molecular weight is 250 g/mol. The Balaban J connectivity index is 2.14.